The number of aliphatic hydroxyl groups is 1. The number of aromatic hydroxyl groups is 2. The van der Waals surface area contributed by atoms with Crippen molar-refractivity contribution in [1.29, 1.82) is 0 Å². The summed E-state index contributed by atoms with van der Waals surface area (Å²) in [5, 5.41) is 29.7. The number of ether oxygens (including phenoxy) is 3. The Bertz CT molecular complexity index is 822. The second-order valence-electron chi connectivity index (χ2n) is 5.63. The molecule has 2 aromatic carbocycles. The van der Waals surface area contributed by atoms with E-state index in [1.165, 1.54) is 24.3 Å². The molecule has 2 aliphatic heterocycles. The Labute approximate surface area is 134 Å². The molecule has 24 heavy (non-hydrogen) atoms. The van der Waals surface area contributed by atoms with E-state index in [1.807, 2.05) is 0 Å². The highest BCUT2D eigenvalue weighted by atomic mass is 19.3. The lowest BCUT2D eigenvalue weighted by Gasteiger charge is -2.31. The average molecular weight is 338 g/mol. The van der Waals surface area contributed by atoms with E-state index >= 15 is 0 Å². The van der Waals surface area contributed by atoms with E-state index < -0.39 is 18.5 Å². The number of hydrogen-bond donors (Lipinski definition) is 3. The normalized spacial score (nSPS) is 23.5. The van der Waals surface area contributed by atoms with Gasteiger partial charge in [0.1, 0.15) is 23.4 Å². The fourth-order valence-corrected chi connectivity index (χ4v) is 2.89. The number of phenols is 2. The number of aliphatic hydroxyl groups excluding tert-OH is 1. The fraction of sp³-hybridized carbons (Fsp3) is 0.250. The van der Waals surface area contributed by atoms with E-state index in [2.05, 4.69) is 9.47 Å². The third-order valence-electron chi connectivity index (χ3n) is 3.94. The Kier molecular flexibility index (Phi) is 3.01. The van der Waals surface area contributed by atoms with Crippen LogP contribution >= 0.6 is 0 Å². The highest BCUT2D eigenvalue weighted by Gasteiger charge is 2.44. The van der Waals surface area contributed by atoms with Crippen molar-refractivity contribution in [3.63, 3.8) is 0 Å². The Balaban J connectivity index is 1.68. The Morgan fingerprint density at radius 2 is 1.75 bits per heavy atom. The van der Waals surface area contributed by atoms with Gasteiger partial charge < -0.3 is 29.5 Å². The lowest BCUT2D eigenvalue weighted by molar-refractivity contribution is -0.286. The largest absolute Gasteiger partial charge is 0.586 e. The summed E-state index contributed by atoms with van der Waals surface area (Å²) in [5.74, 6) is -0.423. The van der Waals surface area contributed by atoms with Gasteiger partial charge >= 0.3 is 6.29 Å². The van der Waals surface area contributed by atoms with Crippen molar-refractivity contribution < 1.29 is 38.3 Å². The maximum Gasteiger partial charge on any atom is 0.586 e. The molecule has 8 heteroatoms. The first kappa shape index (κ1) is 14.8. The molecule has 0 bridgehead atoms. The van der Waals surface area contributed by atoms with Crippen LogP contribution in [0.2, 0.25) is 0 Å². The van der Waals surface area contributed by atoms with Crippen LogP contribution in [-0.2, 0) is 6.42 Å². The lowest BCUT2D eigenvalue weighted by Crippen LogP contribution is -2.30. The molecule has 0 fully saturated rings. The molecule has 0 saturated heterocycles. The van der Waals surface area contributed by atoms with Crippen molar-refractivity contribution in [2.75, 3.05) is 0 Å². The predicted molar refractivity (Wildman–Crippen MR) is 75.5 cm³/mol. The number of alkyl halides is 2. The van der Waals surface area contributed by atoms with Crippen LogP contribution in [0, 0.1) is 0 Å². The zero-order valence-electron chi connectivity index (χ0n) is 12.1. The first-order valence-electron chi connectivity index (χ1n) is 7.12. The second kappa shape index (κ2) is 4.88. The number of benzene rings is 2. The zero-order chi connectivity index (χ0) is 17.1. The van der Waals surface area contributed by atoms with E-state index in [-0.39, 0.29) is 35.2 Å². The standard InChI is InChI=1S/C16H12F2O6/c17-16(18)23-12-2-1-7(3-14(12)24-16)15-11(21)6-9-10(20)4-8(19)5-13(9)22-15/h1-5,11,15,19-21H,6H2/t11-,15-/m0/s1. The van der Waals surface area contributed by atoms with Gasteiger partial charge in [-0.3, -0.25) is 0 Å². The highest BCUT2D eigenvalue weighted by molar-refractivity contribution is 5.52. The Morgan fingerprint density at radius 1 is 1.00 bits per heavy atom. The molecule has 4 rings (SSSR count). The quantitative estimate of drug-likeness (QED) is 0.740. The molecule has 0 radical (unpaired) electrons. The molecule has 0 unspecified atom stereocenters. The summed E-state index contributed by atoms with van der Waals surface area (Å²) in [4.78, 5) is 0. The molecule has 0 amide bonds. The summed E-state index contributed by atoms with van der Waals surface area (Å²) < 4.78 is 40.6. The van der Waals surface area contributed by atoms with Gasteiger partial charge in [-0.05, 0) is 17.7 Å². The summed E-state index contributed by atoms with van der Waals surface area (Å²) >= 11 is 0. The van der Waals surface area contributed by atoms with E-state index in [0.29, 0.717) is 11.1 Å². The second-order valence-corrected chi connectivity index (χ2v) is 5.63. The molecular weight excluding hydrogens is 326 g/mol. The molecule has 2 aromatic rings. The minimum atomic E-state index is -3.73. The maximum absolute atomic E-state index is 13.1. The van der Waals surface area contributed by atoms with Crippen LogP contribution in [0.3, 0.4) is 0 Å². The molecule has 3 N–H and O–H groups in total. The van der Waals surface area contributed by atoms with Gasteiger partial charge in [0.05, 0.1) is 6.10 Å². The van der Waals surface area contributed by atoms with Gasteiger partial charge in [-0.25, -0.2) is 0 Å². The van der Waals surface area contributed by atoms with E-state index in [9.17, 15) is 24.1 Å². The van der Waals surface area contributed by atoms with Gasteiger partial charge in [0, 0.05) is 24.1 Å². The minimum absolute atomic E-state index is 0.0801. The summed E-state index contributed by atoms with van der Waals surface area (Å²) in [7, 11) is 0. The molecule has 2 atom stereocenters. The molecule has 6 nitrogen and oxygen atoms in total. The molecule has 126 valence electrons. The van der Waals surface area contributed by atoms with Gasteiger partial charge in [-0.1, -0.05) is 6.07 Å². The monoisotopic (exact) mass is 338 g/mol. The van der Waals surface area contributed by atoms with Crippen LogP contribution < -0.4 is 14.2 Å². The third-order valence-corrected chi connectivity index (χ3v) is 3.94. The van der Waals surface area contributed by atoms with Crippen LogP contribution in [0.15, 0.2) is 30.3 Å². The van der Waals surface area contributed by atoms with Gasteiger partial charge in [-0.15, -0.1) is 8.78 Å². The number of fused-ring (bicyclic) bond motifs is 2. The first-order chi connectivity index (χ1) is 11.3. The van der Waals surface area contributed by atoms with Gasteiger partial charge in [0.15, 0.2) is 11.5 Å². The molecular formula is C16H12F2O6. The molecule has 2 aliphatic rings. The summed E-state index contributed by atoms with van der Waals surface area (Å²) in [6.45, 7) is 0. The van der Waals surface area contributed by atoms with Crippen molar-refractivity contribution in [1.82, 2.24) is 0 Å². The molecule has 0 saturated carbocycles. The molecule has 0 aliphatic carbocycles. The third kappa shape index (κ3) is 2.35. The first-order valence-corrected chi connectivity index (χ1v) is 7.12. The number of rotatable bonds is 1. The van der Waals surface area contributed by atoms with Crippen LogP contribution in [0.25, 0.3) is 0 Å². The zero-order valence-corrected chi connectivity index (χ0v) is 12.1. The average Bonchev–Trinajstić information content (AvgIpc) is 2.80. The van der Waals surface area contributed by atoms with Gasteiger partial charge in [0.2, 0.25) is 0 Å². The predicted octanol–water partition coefficient (Wildman–Crippen LogP) is 2.46. The van der Waals surface area contributed by atoms with Gasteiger partial charge in [-0.2, -0.15) is 0 Å². The van der Waals surface area contributed by atoms with Crippen molar-refractivity contribution in [2.24, 2.45) is 0 Å². The molecule has 0 spiro atoms. The number of hydrogen-bond acceptors (Lipinski definition) is 6. The minimum Gasteiger partial charge on any atom is -0.508 e. The van der Waals surface area contributed by atoms with Crippen molar-refractivity contribution >= 4 is 0 Å². The maximum atomic E-state index is 13.1. The summed E-state index contributed by atoms with van der Waals surface area (Å²) in [5.41, 5.74) is 0.764. The molecule has 2 heterocycles. The lowest BCUT2D eigenvalue weighted by atomic mass is 9.94. The van der Waals surface area contributed by atoms with Gasteiger partial charge in [0.25, 0.3) is 0 Å². The smallest absolute Gasteiger partial charge is 0.508 e. The van der Waals surface area contributed by atoms with Crippen LogP contribution in [0.4, 0.5) is 8.78 Å². The topological polar surface area (TPSA) is 88.4 Å². The SMILES string of the molecule is Oc1cc(O)c2c(c1)O[C@@H](c1ccc3c(c1)OC(F)(F)O3)[C@@H](O)C2. The van der Waals surface area contributed by atoms with Crippen LogP contribution in [0.5, 0.6) is 28.7 Å². The summed E-state index contributed by atoms with van der Waals surface area (Å²) in [6, 6.07) is 6.55. The fourth-order valence-electron chi connectivity index (χ4n) is 2.89. The Hall–Kier alpha value is -2.74. The Morgan fingerprint density at radius 3 is 2.54 bits per heavy atom. The van der Waals surface area contributed by atoms with Crippen molar-refractivity contribution in [3.8, 4) is 28.7 Å². The molecule has 0 aromatic heterocycles. The van der Waals surface area contributed by atoms with Crippen molar-refractivity contribution in [3.05, 3.63) is 41.5 Å². The van der Waals surface area contributed by atoms with E-state index in [4.69, 9.17) is 4.74 Å². The summed E-state index contributed by atoms with van der Waals surface area (Å²) in [6.07, 6.45) is -5.54. The van der Waals surface area contributed by atoms with E-state index in [1.54, 1.807) is 0 Å². The van der Waals surface area contributed by atoms with E-state index in [0.717, 1.165) is 6.07 Å². The van der Waals surface area contributed by atoms with Crippen LogP contribution in [0.1, 0.15) is 17.2 Å². The highest BCUT2D eigenvalue weighted by Crippen LogP contribution is 2.45. The number of phenolic OH excluding ortho intramolecular Hbond substituents is 2. The van der Waals surface area contributed by atoms with Crippen LogP contribution in [-0.4, -0.2) is 27.7 Å². The number of halogens is 2. The van der Waals surface area contributed by atoms with Crippen molar-refractivity contribution in [2.45, 2.75) is 24.9 Å².